The van der Waals surface area contributed by atoms with Crippen molar-refractivity contribution in [1.82, 2.24) is 4.90 Å². The summed E-state index contributed by atoms with van der Waals surface area (Å²) >= 11 is 6.04. The molecule has 1 aromatic rings. The van der Waals surface area contributed by atoms with Gasteiger partial charge in [-0.1, -0.05) is 30.2 Å². The minimum atomic E-state index is -0.0820. The Hall–Kier alpha value is -0.900. The quantitative estimate of drug-likeness (QED) is 0.716. The molecular formula is C19H28ClNO2. The summed E-state index contributed by atoms with van der Waals surface area (Å²) in [4.78, 5) is 15.1. The van der Waals surface area contributed by atoms with Gasteiger partial charge in [0.15, 0.2) is 5.78 Å². The van der Waals surface area contributed by atoms with E-state index >= 15 is 0 Å². The van der Waals surface area contributed by atoms with Crippen LogP contribution < -0.4 is 0 Å². The minimum absolute atomic E-state index is 0.0680. The fourth-order valence-corrected chi connectivity index (χ4v) is 3.88. The number of carbonyl (C=O) groups excluding carboxylic acids is 1. The van der Waals surface area contributed by atoms with Crippen LogP contribution in [-0.2, 0) is 14.9 Å². The van der Waals surface area contributed by atoms with Crippen LogP contribution in [0.25, 0.3) is 0 Å². The zero-order chi connectivity index (χ0) is 17.0. The topological polar surface area (TPSA) is 29.5 Å². The maximum atomic E-state index is 13.0. The van der Waals surface area contributed by atoms with E-state index in [9.17, 15) is 4.79 Å². The molecule has 3 nitrogen and oxygen atoms in total. The molecule has 0 N–H and O–H groups in total. The number of halogens is 1. The fourth-order valence-electron chi connectivity index (χ4n) is 3.75. The zero-order valence-corrected chi connectivity index (χ0v) is 15.4. The summed E-state index contributed by atoms with van der Waals surface area (Å²) in [7, 11) is 5.72. The molecule has 1 saturated carbocycles. The molecule has 1 aromatic carbocycles. The van der Waals surface area contributed by atoms with Gasteiger partial charge >= 0.3 is 0 Å². The maximum absolute atomic E-state index is 13.0. The van der Waals surface area contributed by atoms with Crippen molar-refractivity contribution in [2.24, 2.45) is 0 Å². The van der Waals surface area contributed by atoms with Crippen molar-refractivity contribution in [1.29, 1.82) is 0 Å². The summed E-state index contributed by atoms with van der Waals surface area (Å²) in [6.45, 7) is 2.01. The predicted molar refractivity (Wildman–Crippen MR) is 95.2 cm³/mol. The number of Topliss-reactive ketones (excluding diaryl/α,β-unsaturated/α-hetero) is 1. The van der Waals surface area contributed by atoms with Crippen molar-refractivity contribution in [3.63, 3.8) is 0 Å². The molecule has 1 aliphatic rings. The van der Waals surface area contributed by atoms with E-state index in [-0.39, 0.29) is 17.6 Å². The Kier molecular flexibility index (Phi) is 6.24. The third-order valence-electron chi connectivity index (χ3n) is 5.21. The molecule has 0 heterocycles. The number of methoxy groups -OCH3 is 1. The zero-order valence-electron chi connectivity index (χ0n) is 14.6. The number of nitrogens with zero attached hydrogens (tertiary/aromatic N) is 1. The summed E-state index contributed by atoms with van der Waals surface area (Å²) in [5.74, 6) is 0.313. The summed E-state index contributed by atoms with van der Waals surface area (Å²) in [5.41, 5.74) is 1.17. The van der Waals surface area contributed by atoms with Crippen molar-refractivity contribution in [3.8, 4) is 0 Å². The molecule has 2 atom stereocenters. The Morgan fingerprint density at radius 3 is 2.35 bits per heavy atom. The van der Waals surface area contributed by atoms with E-state index in [1.54, 1.807) is 7.11 Å². The van der Waals surface area contributed by atoms with Crippen molar-refractivity contribution in [2.75, 3.05) is 21.2 Å². The van der Waals surface area contributed by atoms with Gasteiger partial charge in [-0.25, -0.2) is 0 Å². The van der Waals surface area contributed by atoms with Gasteiger partial charge in [-0.2, -0.15) is 0 Å². The minimum Gasteiger partial charge on any atom is -0.382 e. The molecule has 128 valence electrons. The van der Waals surface area contributed by atoms with E-state index in [0.29, 0.717) is 12.2 Å². The summed E-state index contributed by atoms with van der Waals surface area (Å²) in [5, 5.41) is 0.741. The fraction of sp³-hybridized carbons (Fsp3) is 0.632. The molecule has 0 bridgehead atoms. The highest BCUT2D eigenvalue weighted by molar-refractivity contribution is 6.30. The summed E-state index contributed by atoms with van der Waals surface area (Å²) in [6.07, 6.45) is 4.75. The Morgan fingerprint density at radius 2 is 1.91 bits per heavy atom. The average molecular weight is 338 g/mol. The normalized spacial score (nSPS) is 19.2. The first-order valence-corrected chi connectivity index (χ1v) is 8.76. The van der Waals surface area contributed by atoms with Crippen LogP contribution in [0.2, 0.25) is 5.02 Å². The lowest BCUT2D eigenvalue weighted by atomic mass is 9.58. The lowest BCUT2D eigenvalue weighted by Gasteiger charge is -2.50. The highest BCUT2D eigenvalue weighted by Gasteiger charge is 2.49. The Bertz CT molecular complexity index is 523. The van der Waals surface area contributed by atoms with E-state index in [1.165, 1.54) is 12.0 Å². The molecule has 0 amide bonds. The largest absolute Gasteiger partial charge is 0.382 e. The molecular weight excluding hydrogens is 310 g/mol. The number of carbonyl (C=O) groups is 1. The molecule has 0 aromatic heterocycles. The van der Waals surface area contributed by atoms with Crippen LogP contribution in [0.5, 0.6) is 0 Å². The molecule has 23 heavy (non-hydrogen) atoms. The molecule has 0 radical (unpaired) electrons. The molecule has 1 fully saturated rings. The molecule has 0 saturated heterocycles. The summed E-state index contributed by atoms with van der Waals surface area (Å²) in [6, 6.07) is 7.95. The van der Waals surface area contributed by atoms with Crippen LogP contribution in [0.15, 0.2) is 24.3 Å². The van der Waals surface area contributed by atoms with Gasteiger partial charge in [0.2, 0.25) is 0 Å². The number of hydrogen-bond acceptors (Lipinski definition) is 3. The maximum Gasteiger partial charge on any atom is 0.150 e. The van der Waals surface area contributed by atoms with Crippen molar-refractivity contribution in [3.05, 3.63) is 34.9 Å². The van der Waals surface area contributed by atoms with Gasteiger partial charge in [0, 0.05) is 24.0 Å². The van der Waals surface area contributed by atoms with Crippen molar-refractivity contribution in [2.45, 2.75) is 56.6 Å². The van der Waals surface area contributed by atoms with E-state index in [2.05, 4.69) is 17.0 Å². The monoisotopic (exact) mass is 337 g/mol. The SMILES string of the molecule is COC(C)CCC(=O)C(N(C)C)C1(c2ccc(Cl)cc2)CCC1. The smallest absolute Gasteiger partial charge is 0.150 e. The average Bonchev–Trinajstić information content (AvgIpc) is 2.48. The Balaban J connectivity index is 2.23. The van der Waals surface area contributed by atoms with Crippen molar-refractivity contribution < 1.29 is 9.53 Å². The predicted octanol–water partition coefficient (Wildman–Crippen LogP) is 4.08. The Morgan fingerprint density at radius 1 is 1.30 bits per heavy atom. The van der Waals surface area contributed by atoms with Gasteiger partial charge in [-0.3, -0.25) is 9.69 Å². The van der Waals surface area contributed by atoms with Crippen LogP contribution in [0.3, 0.4) is 0 Å². The first-order chi connectivity index (χ1) is 10.9. The van der Waals surface area contributed by atoms with Gasteiger partial charge < -0.3 is 4.74 Å². The second kappa shape index (κ2) is 7.78. The third kappa shape index (κ3) is 3.96. The number of ketones is 1. The van der Waals surface area contributed by atoms with E-state index in [4.69, 9.17) is 16.3 Å². The molecule has 2 rings (SSSR count). The van der Waals surface area contributed by atoms with Crippen LogP contribution in [0.4, 0.5) is 0 Å². The molecule has 2 unspecified atom stereocenters. The molecule has 1 aliphatic carbocycles. The van der Waals surface area contributed by atoms with Crippen LogP contribution in [0, 0.1) is 0 Å². The summed E-state index contributed by atoms with van der Waals surface area (Å²) < 4.78 is 5.28. The number of rotatable bonds is 8. The van der Waals surface area contributed by atoms with Gasteiger partial charge in [0.1, 0.15) is 0 Å². The lowest BCUT2D eigenvalue weighted by molar-refractivity contribution is -0.128. The first-order valence-electron chi connectivity index (χ1n) is 8.38. The second-order valence-electron chi connectivity index (χ2n) is 6.93. The lowest BCUT2D eigenvalue weighted by Crippen LogP contribution is -2.56. The number of likely N-dealkylation sites (N-methyl/N-ethyl adjacent to an activating group) is 1. The number of ether oxygens (including phenoxy) is 1. The van der Waals surface area contributed by atoms with Gasteiger partial charge in [-0.05, 0) is 58.0 Å². The Labute approximate surface area is 145 Å². The number of hydrogen-bond donors (Lipinski definition) is 0. The van der Waals surface area contributed by atoms with Gasteiger partial charge in [-0.15, -0.1) is 0 Å². The van der Waals surface area contributed by atoms with Gasteiger partial charge in [0.05, 0.1) is 12.1 Å². The van der Waals surface area contributed by atoms with Gasteiger partial charge in [0.25, 0.3) is 0 Å². The van der Waals surface area contributed by atoms with Crippen LogP contribution >= 0.6 is 11.6 Å². The van der Waals surface area contributed by atoms with Crippen LogP contribution in [0.1, 0.15) is 44.6 Å². The molecule has 0 spiro atoms. The second-order valence-corrected chi connectivity index (χ2v) is 7.37. The third-order valence-corrected chi connectivity index (χ3v) is 5.46. The van der Waals surface area contributed by atoms with Crippen LogP contribution in [-0.4, -0.2) is 44.0 Å². The van der Waals surface area contributed by atoms with E-state index in [0.717, 1.165) is 24.3 Å². The molecule has 0 aliphatic heterocycles. The van der Waals surface area contributed by atoms with E-state index in [1.807, 2.05) is 33.2 Å². The molecule has 4 heteroatoms. The standard InChI is InChI=1S/C19H28ClNO2/c1-14(23-4)6-11-17(22)18(21(2)3)19(12-5-13-19)15-7-9-16(20)10-8-15/h7-10,14,18H,5-6,11-13H2,1-4H3. The highest BCUT2D eigenvalue weighted by Crippen LogP contribution is 2.48. The number of benzene rings is 1. The highest BCUT2D eigenvalue weighted by atomic mass is 35.5. The first kappa shape index (κ1) is 18.4. The van der Waals surface area contributed by atoms with Crippen molar-refractivity contribution >= 4 is 17.4 Å². The van der Waals surface area contributed by atoms with E-state index < -0.39 is 0 Å².